The number of hydrogen-bond donors (Lipinski definition) is 3. The number of rotatable bonds is 6. The molecule has 0 radical (unpaired) electrons. The predicted octanol–water partition coefficient (Wildman–Crippen LogP) is 5.12. The van der Waals surface area contributed by atoms with Gasteiger partial charge in [-0.25, -0.2) is 24.1 Å². The van der Waals surface area contributed by atoms with Crippen molar-refractivity contribution in [2.75, 3.05) is 18.4 Å². The number of halogens is 2. The molecule has 0 spiro atoms. The second-order valence-electron chi connectivity index (χ2n) is 12.1. The van der Waals surface area contributed by atoms with Crippen LogP contribution in [0.5, 0.6) is 0 Å². The van der Waals surface area contributed by atoms with Crippen molar-refractivity contribution in [3.05, 3.63) is 34.5 Å². The van der Waals surface area contributed by atoms with Crippen LogP contribution in [-0.2, 0) is 9.47 Å². The number of aliphatic hydroxyl groups excluding tert-OH is 1. The number of likely N-dealkylation sites (tertiary alicyclic amines) is 1. The predicted molar refractivity (Wildman–Crippen MR) is 151 cm³/mol. The number of hydrogen-bond acceptors (Lipinski definition) is 8. The topological polar surface area (TPSA) is 125 Å². The van der Waals surface area contributed by atoms with Gasteiger partial charge in [-0.2, -0.15) is 0 Å². The lowest BCUT2D eigenvalue weighted by atomic mass is 9.93. The zero-order valence-corrected chi connectivity index (χ0v) is 23.8. The Morgan fingerprint density at radius 1 is 1.27 bits per heavy atom. The number of ether oxygens (including phenoxy) is 2. The van der Waals surface area contributed by atoms with Gasteiger partial charge in [-0.15, -0.1) is 0 Å². The van der Waals surface area contributed by atoms with Gasteiger partial charge in [0.25, 0.3) is 0 Å². The van der Waals surface area contributed by atoms with Crippen LogP contribution in [0.25, 0.3) is 22.3 Å². The van der Waals surface area contributed by atoms with E-state index in [0.29, 0.717) is 53.1 Å². The second kappa shape index (κ2) is 10.4. The maximum atomic E-state index is 15.7. The molecule has 1 aliphatic carbocycles. The maximum absolute atomic E-state index is 15.7. The minimum absolute atomic E-state index is 0.00891. The largest absolute Gasteiger partial charge is 0.446 e. The molecule has 4 aliphatic rings. The van der Waals surface area contributed by atoms with E-state index in [1.54, 1.807) is 4.90 Å². The molecule has 4 fully saturated rings. The second-order valence-corrected chi connectivity index (χ2v) is 12.5. The first kappa shape index (κ1) is 26.9. The number of anilines is 1. The third-order valence-electron chi connectivity index (χ3n) is 8.75. The minimum atomic E-state index is -0.665. The Balaban J connectivity index is 1.20. The fraction of sp³-hybridized carbons (Fsp3) is 0.586. The lowest BCUT2D eigenvalue weighted by Crippen LogP contribution is -2.47. The summed E-state index contributed by atoms with van der Waals surface area (Å²) in [5, 5.41) is 14.3. The third kappa shape index (κ3) is 5.02. The van der Waals surface area contributed by atoms with Crippen molar-refractivity contribution in [1.29, 1.82) is 0 Å². The van der Waals surface area contributed by atoms with Crippen molar-refractivity contribution in [3.8, 4) is 11.3 Å². The molecule has 2 aromatic heterocycles. The van der Waals surface area contributed by atoms with Crippen molar-refractivity contribution < 1.29 is 23.8 Å². The van der Waals surface area contributed by atoms with E-state index in [9.17, 15) is 9.90 Å². The van der Waals surface area contributed by atoms with E-state index in [4.69, 9.17) is 26.1 Å². The van der Waals surface area contributed by atoms with Gasteiger partial charge in [0.15, 0.2) is 5.82 Å². The van der Waals surface area contributed by atoms with Gasteiger partial charge in [0.2, 0.25) is 5.95 Å². The normalized spacial score (nSPS) is 27.7. The zero-order chi connectivity index (χ0) is 28.4. The molecule has 10 nitrogen and oxygen atoms in total. The number of carbonyl (C=O) groups excluding carboxylic acids is 1. The Labute approximate surface area is 242 Å². The molecule has 7 rings (SSSR count). The average molecular weight is 585 g/mol. The highest BCUT2D eigenvalue weighted by Gasteiger charge is 2.42. The monoisotopic (exact) mass is 584 g/mol. The summed E-state index contributed by atoms with van der Waals surface area (Å²) in [6, 6.07) is 1.19. The number of nitrogens with one attached hydrogen (secondary N) is 2. The number of aromatic amines is 1. The van der Waals surface area contributed by atoms with E-state index in [-0.39, 0.29) is 47.8 Å². The smallest absolute Gasteiger partial charge is 0.410 e. The summed E-state index contributed by atoms with van der Waals surface area (Å²) in [6.45, 7) is 5.12. The number of amides is 1. The molecule has 5 atom stereocenters. The molecule has 3 aromatic rings. The van der Waals surface area contributed by atoms with Gasteiger partial charge in [-0.1, -0.05) is 25.4 Å². The Hall–Kier alpha value is -3.02. The van der Waals surface area contributed by atoms with Gasteiger partial charge in [-0.05, 0) is 56.1 Å². The van der Waals surface area contributed by atoms with Gasteiger partial charge < -0.3 is 29.8 Å². The van der Waals surface area contributed by atoms with Crippen LogP contribution >= 0.6 is 11.6 Å². The molecule has 2 bridgehead atoms. The first-order chi connectivity index (χ1) is 19.7. The molecule has 3 N–H and O–H groups in total. The molecular weight excluding hydrogens is 551 g/mol. The van der Waals surface area contributed by atoms with Gasteiger partial charge in [0.05, 0.1) is 40.7 Å². The Kier molecular flexibility index (Phi) is 6.78. The molecule has 12 heteroatoms. The molecule has 3 aliphatic heterocycles. The van der Waals surface area contributed by atoms with Crippen molar-refractivity contribution in [2.45, 2.75) is 94.7 Å². The average Bonchev–Trinajstić information content (AvgIpc) is 3.32. The van der Waals surface area contributed by atoms with Crippen LogP contribution in [-0.4, -0.2) is 79.6 Å². The molecule has 1 saturated carbocycles. The number of aromatic nitrogens is 4. The van der Waals surface area contributed by atoms with Crippen molar-refractivity contribution in [2.24, 2.45) is 0 Å². The number of nitrogens with zero attached hydrogens (tertiary/aromatic N) is 4. The summed E-state index contributed by atoms with van der Waals surface area (Å²) in [7, 11) is 0. The van der Waals surface area contributed by atoms with E-state index in [2.05, 4.69) is 20.3 Å². The summed E-state index contributed by atoms with van der Waals surface area (Å²) in [5.41, 5.74) is 2.67. The molecule has 1 aromatic carbocycles. The number of carbonyl (C=O) groups is 1. The van der Waals surface area contributed by atoms with Gasteiger partial charge in [-0.3, -0.25) is 0 Å². The Morgan fingerprint density at radius 2 is 2.10 bits per heavy atom. The van der Waals surface area contributed by atoms with Crippen LogP contribution in [0, 0.1) is 5.82 Å². The Morgan fingerprint density at radius 3 is 2.88 bits per heavy atom. The van der Waals surface area contributed by atoms with Crippen LogP contribution in [0.1, 0.15) is 75.6 Å². The van der Waals surface area contributed by atoms with Crippen LogP contribution in [0.15, 0.2) is 12.3 Å². The zero-order valence-electron chi connectivity index (χ0n) is 23.1. The molecule has 0 unspecified atom stereocenters. The van der Waals surface area contributed by atoms with E-state index < -0.39 is 11.9 Å². The van der Waals surface area contributed by atoms with E-state index in [1.807, 2.05) is 13.8 Å². The Bertz CT molecular complexity index is 1500. The summed E-state index contributed by atoms with van der Waals surface area (Å²) in [5.74, 6) is 0.436. The molecule has 1 amide bonds. The van der Waals surface area contributed by atoms with E-state index in [1.165, 1.54) is 12.3 Å². The molecule has 41 heavy (non-hydrogen) atoms. The molecule has 218 valence electrons. The van der Waals surface area contributed by atoms with Crippen molar-refractivity contribution >= 4 is 34.7 Å². The van der Waals surface area contributed by atoms with Gasteiger partial charge in [0.1, 0.15) is 23.5 Å². The summed E-state index contributed by atoms with van der Waals surface area (Å²) in [4.78, 5) is 31.3. The SMILES string of the molecule is CC(C)c1c(-c2nc(N[C@@H]3C[C@H]4CC[C@H](O4)[C@H]3O)ncc2Cl)cc(F)c2nc([C@@H]3CCN(C(=O)OC4CC4)C3)[nH]c12. The van der Waals surface area contributed by atoms with E-state index in [0.717, 1.165) is 37.7 Å². The molecule has 3 saturated heterocycles. The fourth-order valence-electron chi connectivity index (χ4n) is 6.48. The standard InChI is InChI=1S/C29H34ClFN6O4/c1-13(2)22-17(23-18(30)11-32-28(36-23)33-20-9-16-5-6-21(40-16)26(20)38)10-19(31)24-25(22)35-27(34-24)14-7-8-37(12-14)29(39)41-15-3-4-15/h10-11,13-16,20-21,26,38H,3-9,12H2,1-2H3,(H,34,35)(H,32,33,36)/t14-,16-,20-,21+,26+/m1/s1. The van der Waals surface area contributed by atoms with Crippen LogP contribution < -0.4 is 5.32 Å². The number of imidazole rings is 1. The van der Waals surface area contributed by atoms with Crippen molar-refractivity contribution in [1.82, 2.24) is 24.8 Å². The molecular formula is C29H34ClFN6O4. The maximum Gasteiger partial charge on any atom is 0.410 e. The lowest BCUT2D eigenvalue weighted by Gasteiger charge is -2.34. The van der Waals surface area contributed by atoms with Gasteiger partial charge in [0, 0.05) is 24.6 Å². The highest BCUT2D eigenvalue weighted by atomic mass is 35.5. The van der Waals surface area contributed by atoms with E-state index >= 15 is 4.39 Å². The minimum Gasteiger partial charge on any atom is -0.446 e. The van der Waals surface area contributed by atoms with Crippen molar-refractivity contribution in [3.63, 3.8) is 0 Å². The number of aliphatic hydroxyl groups is 1. The third-order valence-corrected chi connectivity index (χ3v) is 9.02. The first-order valence-electron chi connectivity index (χ1n) is 14.6. The number of H-pyrrole nitrogens is 1. The summed E-state index contributed by atoms with van der Waals surface area (Å²) >= 11 is 6.61. The highest BCUT2D eigenvalue weighted by molar-refractivity contribution is 6.33. The number of fused-ring (bicyclic) bond motifs is 3. The summed E-state index contributed by atoms with van der Waals surface area (Å²) in [6.07, 6.45) is 5.53. The van der Waals surface area contributed by atoms with Crippen LogP contribution in [0.4, 0.5) is 15.1 Å². The van der Waals surface area contributed by atoms with Crippen LogP contribution in [0.2, 0.25) is 5.02 Å². The molecule has 5 heterocycles. The summed E-state index contributed by atoms with van der Waals surface area (Å²) < 4.78 is 27.0. The van der Waals surface area contributed by atoms with Gasteiger partial charge >= 0.3 is 6.09 Å². The fourth-order valence-corrected chi connectivity index (χ4v) is 6.68. The highest BCUT2D eigenvalue weighted by Crippen LogP contribution is 2.40. The quantitative estimate of drug-likeness (QED) is 0.365. The first-order valence-corrected chi connectivity index (χ1v) is 14.9. The number of benzene rings is 1. The van der Waals surface area contributed by atoms with Crippen LogP contribution in [0.3, 0.4) is 0 Å². The lowest BCUT2D eigenvalue weighted by molar-refractivity contribution is -0.0811.